The van der Waals surface area contributed by atoms with Crippen LogP contribution in [0.2, 0.25) is 0 Å². The van der Waals surface area contributed by atoms with Crippen LogP contribution in [-0.2, 0) is 9.53 Å². The molecule has 0 bridgehead atoms. The molecular weight excluding hydrogens is 220 g/mol. The Balaban J connectivity index is 2.40. The van der Waals surface area contributed by atoms with Crippen molar-refractivity contribution >= 4 is 23.1 Å². The standard InChI is InChI=1S/C13H16O2S/c1-2-3-10-15-13(14)9-8-11-6-4-5-7-12(11)16/h4-6,8-9H,2-3,7,10H2,1H3. The van der Waals surface area contributed by atoms with Crippen molar-refractivity contribution in [2.75, 3.05) is 6.61 Å². The topological polar surface area (TPSA) is 26.3 Å². The van der Waals surface area contributed by atoms with Crippen molar-refractivity contribution in [1.29, 1.82) is 0 Å². The fourth-order valence-electron chi connectivity index (χ4n) is 1.23. The van der Waals surface area contributed by atoms with Gasteiger partial charge in [0.05, 0.1) is 6.61 Å². The average molecular weight is 236 g/mol. The lowest BCUT2D eigenvalue weighted by Gasteiger charge is -2.05. The number of hydrogen-bond donors (Lipinski definition) is 0. The summed E-state index contributed by atoms with van der Waals surface area (Å²) in [6.45, 7) is 2.55. The van der Waals surface area contributed by atoms with Gasteiger partial charge in [-0.15, -0.1) is 0 Å². The van der Waals surface area contributed by atoms with Crippen molar-refractivity contribution < 1.29 is 9.53 Å². The molecule has 0 fully saturated rings. The van der Waals surface area contributed by atoms with E-state index in [0.29, 0.717) is 6.61 Å². The molecule has 0 aromatic carbocycles. The first kappa shape index (κ1) is 12.8. The summed E-state index contributed by atoms with van der Waals surface area (Å²) in [5.74, 6) is -0.299. The molecule has 0 aromatic heterocycles. The van der Waals surface area contributed by atoms with Gasteiger partial charge in [-0.05, 0) is 18.1 Å². The summed E-state index contributed by atoms with van der Waals surface area (Å²) < 4.78 is 4.99. The third kappa shape index (κ3) is 4.53. The van der Waals surface area contributed by atoms with Gasteiger partial charge >= 0.3 is 5.97 Å². The van der Waals surface area contributed by atoms with Crippen LogP contribution in [0.25, 0.3) is 0 Å². The van der Waals surface area contributed by atoms with E-state index < -0.39 is 0 Å². The highest BCUT2D eigenvalue weighted by Gasteiger charge is 2.03. The predicted molar refractivity (Wildman–Crippen MR) is 69.4 cm³/mol. The van der Waals surface area contributed by atoms with Gasteiger partial charge in [-0.25, -0.2) is 4.79 Å². The van der Waals surface area contributed by atoms with Gasteiger partial charge in [0.1, 0.15) is 0 Å². The lowest BCUT2D eigenvalue weighted by molar-refractivity contribution is -0.137. The Morgan fingerprint density at radius 1 is 1.62 bits per heavy atom. The van der Waals surface area contributed by atoms with Crippen LogP contribution in [0.15, 0.2) is 36.0 Å². The first-order valence-corrected chi connectivity index (χ1v) is 5.89. The normalized spacial score (nSPS) is 15.3. The van der Waals surface area contributed by atoms with Gasteiger partial charge in [0.2, 0.25) is 0 Å². The Kier molecular flexibility index (Phi) is 5.72. The van der Waals surface area contributed by atoms with Crippen LogP contribution in [0.1, 0.15) is 26.2 Å². The molecule has 86 valence electrons. The molecular formula is C13H16O2S. The fourth-order valence-corrected chi connectivity index (χ4v) is 1.46. The van der Waals surface area contributed by atoms with Crippen LogP contribution in [0.5, 0.6) is 0 Å². The van der Waals surface area contributed by atoms with E-state index >= 15 is 0 Å². The van der Waals surface area contributed by atoms with Gasteiger partial charge in [-0.3, -0.25) is 0 Å². The Bertz CT molecular complexity index is 351. The lowest BCUT2D eigenvalue weighted by atomic mass is 10.0. The van der Waals surface area contributed by atoms with Gasteiger partial charge in [0.25, 0.3) is 0 Å². The number of unbranched alkanes of at least 4 members (excludes halogenated alkanes) is 1. The van der Waals surface area contributed by atoms with E-state index in [2.05, 4.69) is 6.92 Å². The molecule has 0 saturated heterocycles. The second-order valence-corrected chi connectivity index (χ2v) is 4.02. The molecule has 0 amide bonds. The summed E-state index contributed by atoms with van der Waals surface area (Å²) in [5, 5.41) is 0. The largest absolute Gasteiger partial charge is 0.463 e. The van der Waals surface area contributed by atoms with Crippen LogP contribution < -0.4 is 0 Å². The minimum Gasteiger partial charge on any atom is -0.463 e. The van der Waals surface area contributed by atoms with Crippen molar-refractivity contribution in [3.63, 3.8) is 0 Å². The van der Waals surface area contributed by atoms with Gasteiger partial charge in [-0.1, -0.05) is 43.8 Å². The molecule has 1 rings (SSSR count). The maximum atomic E-state index is 11.3. The molecule has 16 heavy (non-hydrogen) atoms. The highest BCUT2D eigenvalue weighted by Crippen LogP contribution is 2.11. The van der Waals surface area contributed by atoms with Gasteiger partial charge in [0.15, 0.2) is 0 Å². The maximum absolute atomic E-state index is 11.3. The van der Waals surface area contributed by atoms with E-state index in [0.717, 1.165) is 29.7 Å². The maximum Gasteiger partial charge on any atom is 0.330 e. The van der Waals surface area contributed by atoms with Crippen LogP contribution >= 0.6 is 12.2 Å². The molecule has 3 heteroatoms. The second-order valence-electron chi connectivity index (χ2n) is 3.53. The Morgan fingerprint density at radius 3 is 3.12 bits per heavy atom. The third-order valence-electron chi connectivity index (χ3n) is 2.18. The van der Waals surface area contributed by atoms with Crippen molar-refractivity contribution in [3.05, 3.63) is 36.0 Å². The Labute approximate surface area is 102 Å². The molecule has 0 spiro atoms. The Hall–Kier alpha value is -1.22. The summed E-state index contributed by atoms with van der Waals surface area (Å²) in [4.78, 5) is 12.1. The minimum absolute atomic E-state index is 0.299. The molecule has 1 aliphatic rings. The summed E-state index contributed by atoms with van der Waals surface area (Å²) in [6.07, 6.45) is 11.7. The molecule has 2 nitrogen and oxygen atoms in total. The highest BCUT2D eigenvalue weighted by atomic mass is 32.1. The second kappa shape index (κ2) is 7.12. The summed E-state index contributed by atoms with van der Waals surface area (Å²) >= 11 is 5.16. The van der Waals surface area contributed by atoms with Crippen molar-refractivity contribution in [3.8, 4) is 0 Å². The zero-order valence-electron chi connectivity index (χ0n) is 9.44. The first-order chi connectivity index (χ1) is 7.74. The van der Waals surface area contributed by atoms with Crippen LogP contribution in [0.3, 0.4) is 0 Å². The van der Waals surface area contributed by atoms with E-state index in [1.54, 1.807) is 6.08 Å². The molecule has 0 aromatic rings. The average Bonchev–Trinajstić information content (AvgIpc) is 2.28. The molecule has 0 heterocycles. The minimum atomic E-state index is -0.299. The first-order valence-electron chi connectivity index (χ1n) is 5.49. The van der Waals surface area contributed by atoms with Crippen LogP contribution in [-0.4, -0.2) is 17.4 Å². The SMILES string of the molecule is CCCCOC(=O)C=CC1=CC=CCC1=S. The molecule has 1 aliphatic carbocycles. The molecule has 0 atom stereocenters. The number of thiocarbonyl (C=S) groups is 1. The van der Waals surface area contributed by atoms with E-state index in [1.807, 2.05) is 18.2 Å². The van der Waals surface area contributed by atoms with Gasteiger partial charge in [-0.2, -0.15) is 0 Å². The van der Waals surface area contributed by atoms with E-state index in [4.69, 9.17) is 17.0 Å². The van der Waals surface area contributed by atoms with Crippen molar-refractivity contribution in [1.82, 2.24) is 0 Å². The van der Waals surface area contributed by atoms with E-state index in [-0.39, 0.29) is 5.97 Å². The zero-order valence-corrected chi connectivity index (χ0v) is 10.3. The quantitative estimate of drug-likeness (QED) is 0.317. The number of esters is 1. The molecule has 0 N–H and O–H groups in total. The molecule has 0 aliphatic heterocycles. The van der Waals surface area contributed by atoms with Gasteiger partial charge in [0, 0.05) is 17.4 Å². The summed E-state index contributed by atoms with van der Waals surface area (Å²) in [6, 6.07) is 0. The Morgan fingerprint density at radius 2 is 2.44 bits per heavy atom. The monoisotopic (exact) mass is 236 g/mol. The number of carbonyl (C=O) groups excluding carboxylic acids is 1. The van der Waals surface area contributed by atoms with Crippen molar-refractivity contribution in [2.24, 2.45) is 0 Å². The number of ether oxygens (including phenoxy) is 1. The summed E-state index contributed by atoms with van der Waals surface area (Å²) in [7, 11) is 0. The fraction of sp³-hybridized carbons (Fsp3) is 0.385. The highest BCUT2D eigenvalue weighted by molar-refractivity contribution is 7.80. The number of hydrogen-bond acceptors (Lipinski definition) is 3. The van der Waals surface area contributed by atoms with Crippen molar-refractivity contribution in [2.45, 2.75) is 26.2 Å². The third-order valence-corrected chi connectivity index (χ3v) is 2.58. The summed E-state index contributed by atoms with van der Waals surface area (Å²) in [5.41, 5.74) is 0.921. The number of allylic oxidation sites excluding steroid dienone is 5. The molecule has 0 radical (unpaired) electrons. The molecule has 0 saturated carbocycles. The number of rotatable bonds is 5. The molecule has 0 unspecified atom stereocenters. The predicted octanol–water partition coefficient (Wildman–Crippen LogP) is 3.14. The number of carbonyl (C=O) groups is 1. The van der Waals surface area contributed by atoms with E-state index in [1.165, 1.54) is 6.08 Å². The van der Waals surface area contributed by atoms with Crippen LogP contribution in [0.4, 0.5) is 0 Å². The van der Waals surface area contributed by atoms with Gasteiger partial charge < -0.3 is 4.74 Å². The van der Waals surface area contributed by atoms with Crippen LogP contribution in [0, 0.1) is 0 Å². The smallest absolute Gasteiger partial charge is 0.330 e. The van der Waals surface area contributed by atoms with E-state index in [9.17, 15) is 4.79 Å². The zero-order chi connectivity index (χ0) is 11.8. The lowest BCUT2D eigenvalue weighted by Crippen LogP contribution is -2.03.